The molecule has 0 spiro atoms. The molecule has 3 rings (SSSR count). The van der Waals surface area contributed by atoms with E-state index in [9.17, 15) is 0 Å². The van der Waals surface area contributed by atoms with Crippen molar-refractivity contribution in [1.29, 1.82) is 0 Å². The fourth-order valence-electron chi connectivity index (χ4n) is 2.48. The molecule has 2 atom stereocenters. The number of morpholine rings is 1. The summed E-state index contributed by atoms with van der Waals surface area (Å²) in [5, 5.41) is 0. The summed E-state index contributed by atoms with van der Waals surface area (Å²) < 4.78 is 7.13. The molecule has 2 nitrogen and oxygen atoms in total. The van der Waals surface area contributed by atoms with E-state index in [1.165, 1.54) is 22.1 Å². The number of nitrogens with zero attached hydrogens (tertiary/aromatic N) is 1. The molecule has 0 aromatic heterocycles. The Hall–Kier alpha value is -0.290. The fraction of sp³-hybridized carbons (Fsp3) is 0.500. The van der Waals surface area contributed by atoms with E-state index in [1.54, 1.807) is 0 Å². The number of halogens is 1. The average Bonchev–Trinajstić information content (AvgIpc) is 2.59. The van der Waals surface area contributed by atoms with Gasteiger partial charge in [0, 0.05) is 22.3 Å². The number of benzene rings is 1. The number of hydrogen-bond acceptors (Lipinski definition) is 2. The van der Waals surface area contributed by atoms with Gasteiger partial charge in [-0.2, -0.15) is 0 Å². The third kappa shape index (κ3) is 1.99. The lowest BCUT2D eigenvalue weighted by atomic mass is 10.2. The van der Waals surface area contributed by atoms with Gasteiger partial charge in [-0.15, -0.1) is 0 Å². The average molecular weight is 315 g/mol. The van der Waals surface area contributed by atoms with Gasteiger partial charge in [0.25, 0.3) is 0 Å². The Bertz CT molecular complexity index is 339. The molecule has 0 N–H and O–H groups in total. The van der Waals surface area contributed by atoms with Gasteiger partial charge in [0.2, 0.25) is 0 Å². The van der Waals surface area contributed by atoms with E-state index >= 15 is 0 Å². The molecule has 2 unspecified atom stereocenters. The Morgan fingerprint density at radius 3 is 2.27 bits per heavy atom. The standard InChI is InChI=1S/C12H14INO/c13-9-1-3-10(4-2-9)14-7-11-5-6-12(8-14)15-11/h1-4,11-12H,5-8H2. The van der Waals surface area contributed by atoms with Crippen LogP contribution in [0.3, 0.4) is 0 Å². The molecule has 2 bridgehead atoms. The summed E-state index contributed by atoms with van der Waals surface area (Å²) in [6, 6.07) is 8.78. The first-order valence-electron chi connectivity index (χ1n) is 5.47. The van der Waals surface area contributed by atoms with E-state index in [1.807, 2.05) is 0 Å². The highest BCUT2D eigenvalue weighted by Crippen LogP contribution is 2.29. The van der Waals surface area contributed by atoms with Gasteiger partial charge in [0.1, 0.15) is 0 Å². The third-order valence-corrected chi connectivity index (χ3v) is 3.95. The number of hydrogen-bond donors (Lipinski definition) is 0. The molecule has 2 heterocycles. The van der Waals surface area contributed by atoms with Crippen LogP contribution in [0.15, 0.2) is 24.3 Å². The second-order valence-corrected chi connectivity index (χ2v) is 5.58. The van der Waals surface area contributed by atoms with E-state index in [0.29, 0.717) is 12.2 Å². The minimum absolute atomic E-state index is 0.475. The molecule has 0 aliphatic carbocycles. The second-order valence-electron chi connectivity index (χ2n) is 4.34. The molecule has 15 heavy (non-hydrogen) atoms. The summed E-state index contributed by atoms with van der Waals surface area (Å²) in [6.07, 6.45) is 3.43. The largest absolute Gasteiger partial charge is 0.371 e. The quantitative estimate of drug-likeness (QED) is 0.739. The molecule has 1 aromatic rings. The first-order chi connectivity index (χ1) is 7.31. The molecule has 2 aliphatic rings. The van der Waals surface area contributed by atoms with Crippen molar-refractivity contribution in [3.05, 3.63) is 27.8 Å². The minimum atomic E-state index is 0.475. The molecule has 2 saturated heterocycles. The first kappa shape index (κ1) is 9.90. The van der Waals surface area contributed by atoms with Crippen molar-refractivity contribution in [2.24, 2.45) is 0 Å². The van der Waals surface area contributed by atoms with Gasteiger partial charge in [-0.25, -0.2) is 0 Å². The molecule has 2 aliphatic heterocycles. The summed E-state index contributed by atoms with van der Waals surface area (Å²) in [7, 11) is 0. The van der Waals surface area contributed by atoms with Crippen LogP contribution >= 0.6 is 22.6 Å². The van der Waals surface area contributed by atoms with Crippen molar-refractivity contribution >= 4 is 28.3 Å². The zero-order valence-corrected chi connectivity index (χ0v) is 10.7. The maximum absolute atomic E-state index is 5.83. The lowest BCUT2D eigenvalue weighted by Crippen LogP contribution is -2.42. The smallest absolute Gasteiger partial charge is 0.0755 e. The second kappa shape index (κ2) is 3.94. The van der Waals surface area contributed by atoms with Crippen LogP contribution in [0.25, 0.3) is 0 Å². The molecule has 0 saturated carbocycles. The highest BCUT2D eigenvalue weighted by Gasteiger charge is 2.33. The Balaban J connectivity index is 1.80. The predicted molar refractivity (Wildman–Crippen MR) is 69.3 cm³/mol. The van der Waals surface area contributed by atoms with Crippen molar-refractivity contribution < 1.29 is 4.74 Å². The summed E-state index contributed by atoms with van der Waals surface area (Å²) in [4.78, 5) is 2.46. The number of fused-ring (bicyclic) bond motifs is 2. The fourth-order valence-corrected chi connectivity index (χ4v) is 2.84. The van der Waals surface area contributed by atoms with Gasteiger partial charge in [0.15, 0.2) is 0 Å². The molecular weight excluding hydrogens is 301 g/mol. The normalized spacial score (nSPS) is 29.5. The van der Waals surface area contributed by atoms with Crippen LogP contribution in [0.4, 0.5) is 5.69 Å². The number of ether oxygens (including phenoxy) is 1. The first-order valence-corrected chi connectivity index (χ1v) is 6.55. The van der Waals surface area contributed by atoms with Crippen LogP contribution in [-0.2, 0) is 4.74 Å². The molecular formula is C12H14INO. The lowest BCUT2D eigenvalue weighted by Gasteiger charge is -2.33. The van der Waals surface area contributed by atoms with Crippen LogP contribution in [0.1, 0.15) is 12.8 Å². The highest BCUT2D eigenvalue weighted by atomic mass is 127. The Morgan fingerprint density at radius 1 is 1.07 bits per heavy atom. The predicted octanol–water partition coefficient (Wildman–Crippen LogP) is 2.66. The molecule has 80 valence electrons. The van der Waals surface area contributed by atoms with Crippen molar-refractivity contribution in [1.82, 2.24) is 0 Å². The highest BCUT2D eigenvalue weighted by molar-refractivity contribution is 14.1. The van der Waals surface area contributed by atoms with E-state index in [0.717, 1.165) is 13.1 Å². The number of rotatable bonds is 1. The minimum Gasteiger partial charge on any atom is -0.371 e. The van der Waals surface area contributed by atoms with E-state index in [-0.39, 0.29) is 0 Å². The summed E-state index contributed by atoms with van der Waals surface area (Å²) >= 11 is 2.34. The maximum Gasteiger partial charge on any atom is 0.0755 e. The van der Waals surface area contributed by atoms with Gasteiger partial charge in [-0.3, -0.25) is 0 Å². The van der Waals surface area contributed by atoms with Crippen LogP contribution in [0, 0.1) is 3.57 Å². The summed E-state index contributed by atoms with van der Waals surface area (Å²) in [5.41, 5.74) is 1.34. The van der Waals surface area contributed by atoms with Gasteiger partial charge >= 0.3 is 0 Å². The zero-order valence-electron chi connectivity index (χ0n) is 8.53. The van der Waals surface area contributed by atoms with E-state index < -0.39 is 0 Å². The van der Waals surface area contributed by atoms with Gasteiger partial charge < -0.3 is 9.64 Å². The van der Waals surface area contributed by atoms with Crippen molar-refractivity contribution in [3.63, 3.8) is 0 Å². The monoisotopic (exact) mass is 315 g/mol. The molecule has 1 aromatic carbocycles. The van der Waals surface area contributed by atoms with Crippen molar-refractivity contribution in [2.75, 3.05) is 18.0 Å². The maximum atomic E-state index is 5.83. The van der Waals surface area contributed by atoms with E-state index in [4.69, 9.17) is 4.74 Å². The Kier molecular flexibility index (Phi) is 2.60. The van der Waals surface area contributed by atoms with Gasteiger partial charge in [-0.05, 0) is 59.7 Å². The molecule has 0 radical (unpaired) electrons. The SMILES string of the molecule is Ic1ccc(N2CC3CCC(C2)O3)cc1. The van der Waals surface area contributed by atoms with Crippen LogP contribution < -0.4 is 4.90 Å². The third-order valence-electron chi connectivity index (χ3n) is 3.24. The lowest BCUT2D eigenvalue weighted by molar-refractivity contribution is 0.0305. The van der Waals surface area contributed by atoms with Gasteiger partial charge in [0.05, 0.1) is 12.2 Å². The van der Waals surface area contributed by atoms with Crippen molar-refractivity contribution in [3.8, 4) is 0 Å². The summed E-state index contributed by atoms with van der Waals surface area (Å²) in [6.45, 7) is 2.13. The Labute approximate surface area is 104 Å². The van der Waals surface area contributed by atoms with E-state index in [2.05, 4.69) is 51.8 Å². The number of anilines is 1. The van der Waals surface area contributed by atoms with Crippen LogP contribution in [0.5, 0.6) is 0 Å². The molecule has 3 heteroatoms. The summed E-state index contributed by atoms with van der Waals surface area (Å²) in [5.74, 6) is 0. The van der Waals surface area contributed by atoms with Crippen LogP contribution in [0.2, 0.25) is 0 Å². The van der Waals surface area contributed by atoms with Gasteiger partial charge in [-0.1, -0.05) is 0 Å². The molecule has 0 amide bonds. The zero-order chi connectivity index (χ0) is 10.3. The Morgan fingerprint density at radius 2 is 1.67 bits per heavy atom. The topological polar surface area (TPSA) is 12.5 Å². The van der Waals surface area contributed by atoms with Crippen molar-refractivity contribution in [2.45, 2.75) is 25.0 Å². The van der Waals surface area contributed by atoms with Crippen LogP contribution in [-0.4, -0.2) is 25.3 Å². The molecule has 2 fully saturated rings.